The van der Waals surface area contributed by atoms with E-state index in [0.717, 1.165) is 0 Å². The molecule has 1 aliphatic carbocycles. The average molecular weight is 731 g/mol. The number of benzene rings is 1. The third kappa shape index (κ3) is 7.59. The van der Waals surface area contributed by atoms with Crippen LogP contribution in [0.5, 0.6) is 0 Å². The molecule has 1 unspecified atom stereocenters. The lowest BCUT2D eigenvalue weighted by atomic mass is 9.96. The molecule has 8 N–H and O–H groups in total. The number of hydrogen-bond acceptors (Lipinski definition) is 18. The summed E-state index contributed by atoms with van der Waals surface area (Å²) in [7, 11) is -11.0. The lowest BCUT2D eigenvalue weighted by Gasteiger charge is -2.32. The van der Waals surface area contributed by atoms with E-state index in [1.807, 2.05) is 4.90 Å². The Kier molecular flexibility index (Phi) is 9.82. The van der Waals surface area contributed by atoms with Gasteiger partial charge in [0.05, 0.1) is 26.4 Å². The number of nitrogens with one attached hydrogen (secondary N) is 2. The Morgan fingerprint density at radius 2 is 1.26 bits per heavy atom. The van der Waals surface area contributed by atoms with E-state index in [2.05, 4.69) is 40.5 Å². The van der Waals surface area contributed by atoms with E-state index in [1.165, 1.54) is 24.3 Å². The quantitative estimate of drug-likeness (QED) is 0.153. The molecule has 2 aromatic heterocycles. The maximum Gasteiger partial charge on any atom is 0.292 e. The summed E-state index contributed by atoms with van der Waals surface area (Å²) in [5, 5.41) is 5.76. The molecule has 22 heteroatoms. The van der Waals surface area contributed by atoms with Crippen molar-refractivity contribution in [1.29, 1.82) is 0 Å². The van der Waals surface area contributed by atoms with Gasteiger partial charge in [0.2, 0.25) is 35.7 Å². The molecule has 1 aromatic carbocycles. The summed E-state index contributed by atoms with van der Waals surface area (Å²) in [5.41, 5.74) is 12.7. The molecule has 50 heavy (non-hydrogen) atoms. The number of nitrogens with two attached hydrogens (primary N) is 2. The SMILES string of the molecule is Nc1nc(NC2=CC(S(=O)(=O)O)(S(=O)(=O)O)C(C=Cc3ccc(Nc4nc(N)nc(N5CCOCC5)n4)cc3)C=C2)nc(N2CCOCC2)n1. The molecule has 266 valence electrons. The molecule has 2 fully saturated rings. The van der Waals surface area contributed by atoms with E-state index in [9.17, 15) is 25.9 Å². The molecule has 0 amide bonds. The lowest BCUT2D eigenvalue weighted by Crippen LogP contribution is -2.50. The number of ether oxygens (including phenoxy) is 2. The van der Waals surface area contributed by atoms with Crippen LogP contribution in [-0.4, -0.2) is 113 Å². The third-order valence-corrected chi connectivity index (χ3v) is 11.6. The summed E-state index contributed by atoms with van der Waals surface area (Å²) in [6.07, 6.45) is 5.90. The maximum atomic E-state index is 12.8. The van der Waals surface area contributed by atoms with E-state index < -0.39 is 30.2 Å². The number of nitrogens with zero attached hydrogens (tertiary/aromatic N) is 8. The van der Waals surface area contributed by atoms with Gasteiger partial charge in [-0.15, -0.1) is 0 Å². The standard InChI is InChI=1S/C28H34N12O8S2/c29-22-33-24(37-26(35-22)39-9-13-47-14-10-39)31-20-6-2-18(3-7-20)1-4-19-5-8-21(17-28(19,49(41,42)43)50(44,45)46)32-25-34-23(30)36-27(38-25)40-11-15-48-16-12-40/h1-8,17,19H,9-16H2,(H,41,42,43)(H,44,45,46)(H3,29,31,33,35,37)(H3,30,32,34,36,38). The van der Waals surface area contributed by atoms with Gasteiger partial charge in [-0.2, -0.15) is 46.7 Å². The first-order valence-corrected chi connectivity index (χ1v) is 18.0. The van der Waals surface area contributed by atoms with Crippen molar-refractivity contribution in [2.45, 2.75) is 4.08 Å². The van der Waals surface area contributed by atoms with Crippen LogP contribution in [0.15, 0.2) is 54.3 Å². The van der Waals surface area contributed by atoms with Crippen LogP contribution >= 0.6 is 0 Å². The highest BCUT2D eigenvalue weighted by atomic mass is 32.3. The average Bonchev–Trinajstić information content (AvgIpc) is 3.07. The van der Waals surface area contributed by atoms with Gasteiger partial charge >= 0.3 is 0 Å². The molecule has 0 spiro atoms. The first kappa shape index (κ1) is 34.8. The van der Waals surface area contributed by atoms with Crippen molar-refractivity contribution in [3.63, 3.8) is 0 Å². The molecule has 2 saturated heterocycles. The fourth-order valence-corrected chi connectivity index (χ4v) is 8.06. The second-order valence-electron chi connectivity index (χ2n) is 11.2. The Morgan fingerprint density at radius 3 is 1.76 bits per heavy atom. The summed E-state index contributed by atoms with van der Waals surface area (Å²) in [5.74, 6) is -0.979. The molecule has 4 heterocycles. The lowest BCUT2D eigenvalue weighted by molar-refractivity contribution is 0.122. The van der Waals surface area contributed by atoms with E-state index in [4.69, 9.17) is 20.9 Å². The second-order valence-corrected chi connectivity index (χ2v) is 14.7. The molecular formula is C28H34N12O8S2. The molecule has 6 rings (SSSR count). The topological polar surface area (TPSA) is 287 Å². The minimum Gasteiger partial charge on any atom is -0.378 e. The van der Waals surface area contributed by atoms with Gasteiger partial charge in [0, 0.05) is 43.5 Å². The highest BCUT2D eigenvalue weighted by molar-refractivity contribution is 8.05. The molecule has 1 atom stereocenters. The van der Waals surface area contributed by atoms with Crippen molar-refractivity contribution in [2.24, 2.45) is 5.92 Å². The molecular weight excluding hydrogens is 697 g/mol. The zero-order valence-corrected chi connectivity index (χ0v) is 28.0. The van der Waals surface area contributed by atoms with Crippen molar-refractivity contribution in [1.82, 2.24) is 29.9 Å². The maximum absolute atomic E-state index is 12.8. The van der Waals surface area contributed by atoms with Gasteiger partial charge in [0.1, 0.15) is 0 Å². The van der Waals surface area contributed by atoms with Gasteiger partial charge in [-0.05, 0) is 29.8 Å². The van der Waals surface area contributed by atoms with Gasteiger partial charge in [-0.25, -0.2) is 0 Å². The van der Waals surface area contributed by atoms with E-state index in [-0.39, 0.29) is 35.4 Å². The number of rotatable bonds is 10. The summed E-state index contributed by atoms with van der Waals surface area (Å²) in [6.45, 7) is 4.14. The van der Waals surface area contributed by atoms with Crippen molar-refractivity contribution in [3.05, 3.63) is 59.8 Å². The van der Waals surface area contributed by atoms with Crippen molar-refractivity contribution in [3.8, 4) is 0 Å². The number of allylic oxidation sites excluding steroid dienone is 3. The highest BCUT2D eigenvalue weighted by Crippen LogP contribution is 2.40. The largest absolute Gasteiger partial charge is 0.378 e. The normalized spacial score (nSPS) is 19.7. The Hall–Kier alpha value is -5.00. The first-order chi connectivity index (χ1) is 23.8. The number of morpholine rings is 2. The van der Waals surface area contributed by atoms with Crippen LogP contribution in [-0.2, 0) is 29.7 Å². The predicted molar refractivity (Wildman–Crippen MR) is 183 cm³/mol. The zero-order valence-electron chi connectivity index (χ0n) is 26.3. The van der Waals surface area contributed by atoms with Crippen LogP contribution in [0, 0.1) is 5.92 Å². The number of nitrogen functional groups attached to an aromatic ring is 2. The van der Waals surface area contributed by atoms with Crippen LogP contribution in [0.1, 0.15) is 5.56 Å². The van der Waals surface area contributed by atoms with E-state index in [0.29, 0.717) is 75.9 Å². The van der Waals surface area contributed by atoms with Crippen LogP contribution in [0.3, 0.4) is 0 Å². The van der Waals surface area contributed by atoms with Crippen LogP contribution < -0.4 is 31.9 Å². The van der Waals surface area contributed by atoms with Gasteiger partial charge in [-0.1, -0.05) is 30.4 Å². The minimum absolute atomic E-state index is 0.0350. The van der Waals surface area contributed by atoms with Gasteiger partial charge in [-0.3, -0.25) is 9.11 Å². The van der Waals surface area contributed by atoms with E-state index in [1.54, 1.807) is 29.2 Å². The van der Waals surface area contributed by atoms with Crippen molar-refractivity contribution in [2.75, 3.05) is 84.5 Å². The summed E-state index contributed by atoms with van der Waals surface area (Å²) in [4.78, 5) is 28.9. The molecule has 0 bridgehead atoms. The molecule has 2 aliphatic heterocycles. The fourth-order valence-electron chi connectivity index (χ4n) is 5.44. The molecule has 3 aromatic rings. The minimum atomic E-state index is -5.52. The highest BCUT2D eigenvalue weighted by Gasteiger charge is 2.58. The van der Waals surface area contributed by atoms with Crippen LogP contribution in [0.25, 0.3) is 6.08 Å². The Labute approximate surface area is 286 Å². The smallest absolute Gasteiger partial charge is 0.292 e. The number of aromatic nitrogens is 6. The monoisotopic (exact) mass is 730 g/mol. The van der Waals surface area contributed by atoms with Gasteiger partial charge < -0.3 is 41.4 Å². The molecule has 0 saturated carbocycles. The molecule has 0 radical (unpaired) electrons. The Morgan fingerprint density at radius 1 is 0.760 bits per heavy atom. The summed E-state index contributed by atoms with van der Waals surface area (Å²) in [6, 6.07) is 6.66. The zero-order chi connectivity index (χ0) is 35.5. The number of hydrogen-bond donors (Lipinski definition) is 6. The summed E-state index contributed by atoms with van der Waals surface area (Å²) < 4.78 is 79.3. The fraction of sp³-hybridized carbons (Fsp3) is 0.357. The number of anilines is 7. The predicted octanol–water partition coefficient (Wildman–Crippen LogP) is 0.305. The van der Waals surface area contributed by atoms with Gasteiger partial charge in [0.25, 0.3) is 24.3 Å². The molecule has 3 aliphatic rings. The Balaban J connectivity index is 1.22. The van der Waals surface area contributed by atoms with Crippen LogP contribution in [0.2, 0.25) is 0 Å². The summed E-state index contributed by atoms with van der Waals surface area (Å²) >= 11 is 0. The first-order valence-electron chi connectivity index (χ1n) is 15.2. The van der Waals surface area contributed by atoms with Crippen molar-refractivity contribution < 1.29 is 35.4 Å². The van der Waals surface area contributed by atoms with Crippen molar-refractivity contribution >= 4 is 67.7 Å². The third-order valence-electron chi connectivity index (χ3n) is 7.90. The van der Waals surface area contributed by atoms with Crippen LogP contribution in [0.4, 0.5) is 41.4 Å². The second kappa shape index (κ2) is 14.1. The van der Waals surface area contributed by atoms with E-state index >= 15 is 0 Å². The molecule has 20 nitrogen and oxygen atoms in total. The van der Waals surface area contributed by atoms with Gasteiger partial charge in [0.15, 0.2) is 0 Å². The Bertz CT molecular complexity index is 2000.